The minimum Gasteiger partial charge on any atom is -0.497 e. The van der Waals surface area contributed by atoms with E-state index in [2.05, 4.69) is 4.90 Å². The lowest BCUT2D eigenvalue weighted by Crippen LogP contribution is -2.48. The van der Waals surface area contributed by atoms with Crippen molar-refractivity contribution in [3.8, 4) is 5.75 Å². The number of nitrogens with zero attached hydrogens (tertiary/aromatic N) is 2. The summed E-state index contributed by atoms with van der Waals surface area (Å²) < 4.78 is 5.18. The summed E-state index contributed by atoms with van der Waals surface area (Å²) >= 11 is 6.05. The molecule has 2 aromatic rings. The van der Waals surface area contributed by atoms with Crippen molar-refractivity contribution in [2.75, 3.05) is 38.2 Å². The zero-order chi connectivity index (χ0) is 19.2. The molecule has 2 aromatic carbocycles. The molecule has 5 nitrogen and oxygen atoms in total. The Kier molecular flexibility index (Phi) is 6.35. The average molecular weight is 387 g/mol. The third-order valence-corrected chi connectivity index (χ3v) is 5.14. The number of rotatable bonds is 6. The van der Waals surface area contributed by atoms with Gasteiger partial charge in [-0.3, -0.25) is 9.59 Å². The monoisotopic (exact) mass is 386 g/mol. The van der Waals surface area contributed by atoms with E-state index in [0.717, 1.165) is 24.5 Å². The average Bonchev–Trinajstić information content (AvgIpc) is 2.72. The number of piperazine rings is 1. The van der Waals surface area contributed by atoms with Gasteiger partial charge in [0.2, 0.25) is 5.91 Å². The molecule has 1 aliphatic heterocycles. The largest absolute Gasteiger partial charge is 0.497 e. The van der Waals surface area contributed by atoms with E-state index >= 15 is 0 Å². The number of amides is 1. The summed E-state index contributed by atoms with van der Waals surface area (Å²) in [6, 6.07) is 14.9. The number of anilines is 1. The van der Waals surface area contributed by atoms with E-state index in [-0.39, 0.29) is 24.5 Å². The van der Waals surface area contributed by atoms with Gasteiger partial charge in [-0.25, -0.2) is 0 Å². The van der Waals surface area contributed by atoms with Crippen LogP contribution in [0.1, 0.15) is 23.2 Å². The first-order valence-electron chi connectivity index (χ1n) is 9.03. The number of hydrogen-bond donors (Lipinski definition) is 0. The molecule has 0 aromatic heterocycles. The number of hydrogen-bond acceptors (Lipinski definition) is 4. The molecule has 1 amide bonds. The number of ketones is 1. The molecule has 1 saturated heterocycles. The highest BCUT2D eigenvalue weighted by Crippen LogP contribution is 2.21. The van der Waals surface area contributed by atoms with E-state index in [0.29, 0.717) is 23.7 Å². The van der Waals surface area contributed by atoms with Crippen LogP contribution in [0, 0.1) is 0 Å². The number of ether oxygens (including phenoxy) is 1. The number of carbonyl (C=O) groups is 2. The van der Waals surface area contributed by atoms with Crippen LogP contribution in [0.2, 0.25) is 5.02 Å². The van der Waals surface area contributed by atoms with Crippen LogP contribution >= 0.6 is 11.6 Å². The zero-order valence-electron chi connectivity index (χ0n) is 15.4. The van der Waals surface area contributed by atoms with Gasteiger partial charge in [0, 0.05) is 50.3 Å². The maximum absolute atomic E-state index is 12.5. The summed E-state index contributed by atoms with van der Waals surface area (Å²) in [6.45, 7) is 2.86. The van der Waals surface area contributed by atoms with Crippen molar-refractivity contribution in [1.29, 1.82) is 0 Å². The molecule has 0 radical (unpaired) electrons. The molecule has 0 bridgehead atoms. The minimum atomic E-state index is -0.0918. The van der Waals surface area contributed by atoms with Gasteiger partial charge in [-0.15, -0.1) is 0 Å². The van der Waals surface area contributed by atoms with E-state index in [1.54, 1.807) is 31.4 Å². The van der Waals surface area contributed by atoms with Crippen LogP contribution in [-0.2, 0) is 4.79 Å². The van der Waals surface area contributed by atoms with Crippen molar-refractivity contribution in [2.45, 2.75) is 12.8 Å². The lowest BCUT2D eigenvalue weighted by atomic mass is 10.1. The van der Waals surface area contributed by atoms with Gasteiger partial charge in [0.15, 0.2) is 5.78 Å². The summed E-state index contributed by atoms with van der Waals surface area (Å²) in [4.78, 5) is 28.8. The van der Waals surface area contributed by atoms with Crippen molar-refractivity contribution in [3.05, 3.63) is 59.1 Å². The molecular weight excluding hydrogens is 364 g/mol. The van der Waals surface area contributed by atoms with E-state index < -0.39 is 0 Å². The molecule has 6 heteroatoms. The lowest BCUT2D eigenvalue weighted by molar-refractivity contribution is -0.131. The van der Waals surface area contributed by atoms with Gasteiger partial charge in [-0.1, -0.05) is 23.7 Å². The molecule has 142 valence electrons. The fourth-order valence-electron chi connectivity index (χ4n) is 3.21. The molecule has 0 aliphatic carbocycles. The maximum Gasteiger partial charge on any atom is 0.223 e. The zero-order valence-corrected chi connectivity index (χ0v) is 16.1. The molecule has 0 spiro atoms. The van der Waals surface area contributed by atoms with Gasteiger partial charge < -0.3 is 14.5 Å². The van der Waals surface area contributed by atoms with Crippen molar-refractivity contribution >= 4 is 29.0 Å². The van der Waals surface area contributed by atoms with E-state index in [9.17, 15) is 9.59 Å². The Balaban J connectivity index is 1.48. The first-order chi connectivity index (χ1) is 13.1. The summed E-state index contributed by atoms with van der Waals surface area (Å²) in [6.07, 6.45) is 0.397. The molecule has 0 unspecified atom stereocenters. The minimum absolute atomic E-state index is 0.0183. The second kappa shape index (κ2) is 8.91. The van der Waals surface area contributed by atoms with Gasteiger partial charge in [-0.05, 0) is 36.4 Å². The fraction of sp³-hybridized carbons (Fsp3) is 0.333. The summed E-state index contributed by atoms with van der Waals surface area (Å²) in [5, 5.41) is 0.433. The normalized spacial score (nSPS) is 14.1. The summed E-state index contributed by atoms with van der Waals surface area (Å²) in [5.74, 6) is 0.756. The lowest BCUT2D eigenvalue weighted by Gasteiger charge is -2.36. The smallest absolute Gasteiger partial charge is 0.223 e. The Labute approximate surface area is 164 Å². The third kappa shape index (κ3) is 4.80. The van der Waals surface area contributed by atoms with E-state index in [1.165, 1.54) is 0 Å². The molecule has 1 fully saturated rings. The first-order valence-corrected chi connectivity index (χ1v) is 9.41. The van der Waals surface area contributed by atoms with E-state index in [4.69, 9.17) is 16.3 Å². The molecule has 3 rings (SSSR count). The quantitative estimate of drug-likeness (QED) is 0.711. The molecule has 1 heterocycles. The van der Waals surface area contributed by atoms with Crippen molar-refractivity contribution < 1.29 is 14.3 Å². The summed E-state index contributed by atoms with van der Waals surface area (Å²) in [7, 11) is 1.65. The highest BCUT2D eigenvalue weighted by atomic mass is 35.5. The van der Waals surface area contributed by atoms with Crippen LogP contribution in [-0.4, -0.2) is 49.9 Å². The van der Waals surface area contributed by atoms with Gasteiger partial charge in [0.05, 0.1) is 12.1 Å². The van der Waals surface area contributed by atoms with Gasteiger partial charge in [0.25, 0.3) is 0 Å². The molecule has 1 aliphatic rings. The predicted octanol–water partition coefficient (Wildman–Crippen LogP) is 3.66. The fourth-order valence-corrected chi connectivity index (χ4v) is 3.45. The Morgan fingerprint density at radius 3 is 2.26 bits per heavy atom. The van der Waals surface area contributed by atoms with Crippen LogP contribution in [0.5, 0.6) is 5.75 Å². The van der Waals surface area contributed by atoms with Crippen LogP contribution in [0.15, 0.2) is 48.5 Å². The number of halogens is 1. The second-order valence-corrected chi connectivity index (χ2v) is 6.88. The van der Waals surface area contributed by atoms with Crippen LogP contribution < -0.4 is 9.64 Å². The molecule has 0 atom stereocenters. The number of Topliss-reactive ketones (excluding diaryl/α,β-unsaturated/α-hetero) is 1. The first kappa shape index (κ1) is 19.2. The SMILES string of the molecule is COc1ccc(N2CCN(C(=O)CCC(=O)c3ccccc3Cl)CC2)cc1. The second-order valence-electron chi connectivity index (χ2n) is 6.47. The van der Waals surface area contributed by atoms with E-state index in [1.807, 2.05) is 29.2 Å². The van der Waals surface area contributed by atoms with Crippen molar-refractivity contribution in [3.63, 3.8) is 0 Å². The Morgan fingerprint density at radius 2 is 1.63 bits per heavy atom. The number of benzene rings is 2. The Morgan fingerprint density at radius 1 is 0.963 bits per heavy atom. The highest BCUT2D eigenvalue weighted by molar-refractivity contribution is 6.34. The van der Waals surface area contributed by atoms with Gasteiger partial charge in [-0.2, -0.15) is 0 Å². The topological polar surface area (TPSA) is 49.9 Å². The summed E-state index contributed by atoms with van der Waals surface area (Å²) in [5.41, 5.74) is 1.60. The molecule has 27 heavy (non-hydrogen) atoms. The van der Waals surface area contributed by atoms with Crippen LogP contribution in [0.25, 0.3) is 0 Å². The highest BCUT2D eigenvalue weighted by Gasteiger charge is 2.22. The predicted molar refractivity (Wildman–Crippen MR) is 107 cm³/mol. The van der Waals surface area contributed by atoms with Crippen LogP contribution in [0.3, 0.4) is 0 Å². The van der Waals surface area contributed by atoms with Gasteiger partial charge in [0.1, 0.15) is 5.75 Å². The number of carbonyl (C=O) groups excluding carboxylic acids is 2. The van der Waals surface area contributed by atoms with Crippen molar-refractivity contribution in [1.82, 2.24) is 4.90 Å². The Hall–Kier alpha value is -2.53. The molecular formula is C21H23ClN2O3. The van der Waals surface area contributed by atoms with Gasteiger partial charge >= 0.3 is 0 Å². The van der Waals surface area contributed by atoms with Crippen LogP contribution in [0.4, 0.5) is 5.69 Å². The molecule has 0 saturated carbocycles. The third-order valence-electron chi connectivity index (χ3n) is 4.81. The Bertz CT molecular complexity index is 799. The standard InChI is InChI=1S/C21H23ClN2O3/c1-27-17-8-6-16(7-9-17)23-12-14-24(15-13-23)21(26)11-10-20(25)18-4-2-3-5-19(18)22/h2-9H,10-15H2,1H3. The number of methoxy groups -OCH3 is 1. The maximum atomic E-state index is 12.5. The molecule has 0 N–H and O–H groups in total. The van der Waals surface area contributed by atoms with Crippen molar-refractivity contribution in [2.24, 2.45) is 0 Å².